The molecule has 0 bridgehead atoms. The predicted molar refractivity (Wildman–Crippen MR) is 196 cm³/mol. The highest BCUT2D eigenvalue weighted by Crippen LogP contribution is 2.42. The van der Waals surface area contributed by atoms with Crippen LogP contribution in [0.15, 0.2) is 0 Å². The minimum Gasteiger partial charge on any atom is -0.150 e. The van der Waals surface area contributed by atoms with E-state index in [1.165, 1.54) is 33.4 Å². The van der Waals surface area contributed by atoms with Crippen LogP contribution in [0.1, 0.15) is 74.9 Å². The summed E-state index contributed by atoms with van der Waals surface area (Å²) in [7, 11) is -9.62. The van der Waals surface area contributed by atoms with Crippen molar-refractivity contribution < 1.29 is 0 Å². The van der Waals surface area contributed by atoms with E-state index in [1.807, 2.05) is 0 Å². The molecule has 15 heteroatoms. The van der Waals surface area contributed by atoms with Gasteiger partial charge in [-0.05, 0) is 99.6 Å². The maximum atomic E-state index is 6.56. The Balaban J connectivity index is 4.21. The van der Waals surface area contributed by atoms with Crippen LogP contribution in [0.2, 0.25) is 27.7 Å². The molecule has 1 aromatic carbocycles. The molecule has 0 aromatic heterocycles. The third kappa shape index (κ3) is 11.9. The Labute approximate surface area is 286 Å². The van der Waals surface area contributed by atoms with E-state index < -0.39 is 37.1 Å². The number of benzene rings is 1. The summed E-state index contributed by atoms with van der Waals surface area (Å²) in [4.78, 5) is 0. The van der Waals surface area contributed by atoms with Crippen molar-refractivity contribution in [3.8, 4) is 0 Å². The lowest BCUT2D eigenvalue weighted by Gasteiger charge is -2.32. The number of rotatable bonds is 16. The van der Waals surface area contributed by atoms with Gasteiger partial charge < -0.3 is 0 Å². The van der Waals surface area contributed by atoms with E-state index >= 15 is 0 Å². The highest BCUT2D eigenvalue weighted by molar-refractivity contribution is 7.35. The van der Waals surface area contributed by atoms with Gasteiger partial charge in [0.25, 0.3) is 0 Å². The standard InChI is InChI=1S/C23H40Cl10Si5/c1-7-18-19(8-13(2)34(24)25)21(10-15(4)36(28)29)23(12-17(6)38(32)33)22(11-16(5)37(30)31)20(18)9-14(3)35(26)27/h13-17,34-38H,7-12H2,1-6H3. The van der Waals surface area contributed by atoms with E-state index in [0.717, 1.165) is 38.5 Å². The fraction of sp³-hybridized carbons (Fsp3) is 0.739. The topological polar surface area (TPSA) is 0 Å². The molecule has 0 N–H and O–H groups in total. The van der Waals surface area contributed by atoms with E-state index in [4.69, 9.17) is 111 Å². The summed E-state index contributed by atoms with van der Waals surface area (Å²) >= 11 is 65.5. The molecule has 222 valence electrons. The fourth-order valence-corrected chi connectivity index (χ4v) is 9.55. The molecule has 0 fully saturated rings. The van der Waals surface area contributed by atoms with Gasteiger partial charge in [0.1, 0.15) is 0 Å². The molecule has 1 aromatic rings. The highest BCUT2D eigenvalue weighted by atomic mass is 35.7. The average Bonchev–Trinajstić information content (AvgIpc) is 2.82. The zero-order chi connectivity index (χ0) is 29.5. The lowest BCUT2D eigenvalue weighted by molar-refractivity contribution is 0.757. The summed E-state index contributed by atoms with van der Waals surface area (Å²) in [5.41, 5.74) is 8.94. The first-order valence-corrected chi connectivity index (χ1v) is 33.9. The third-order valence-electron chi connectivity index (χ3n) is 7.32. The third-order valence-corrected chi connectivity index (χ3v) is 25.7. The van der Waals surface area contributed by atoms with Crippen molar-refractivity contribution in [1.82, 2.24) is 0 Å². The van der Waals surface area contributed by atoms with Crippen LogP contribution in [0, 0.1) is 0 Å². The second-order valence-electron chi connectivity index (χ2n) is 10.8. The number of hydrogen-bond donors (Lipinski definition) is 0. The zero-order valence-electron chi connectivity index (χ0n) is 22.8. The fourth-order valence-electron chi connectivity index (χ4n) is 4.81. The maximum Gasteiger partial charge on any atom is 0.240 e. The Morgan fingerprint density at radius 2 is 0.526 bits per heavy atom. The number of hydrogen-bond acceptors (Lipinski definition) is 0. The Bertz CT molecular complexity index is 814. The summed E-state index contributed by atoms with van der Waals surface area (Å²) in [6.07, 6.45) is 4.91. The molecule has 0 spiro atoms. The minimum absolute atomic E-state index is 0.177. The summed E-state index contributed by atoms with van der Waals surface area (Å²) in [6, 6.07) is 0. The molecular weight excluding hydrogens is 771 g/mol. The molecule has 5 atom stereocenters. The first kappa shape index (κ1) is 39.2. The maximum absolute atomic E-state index is 6.56. The van der Waals surface area contributed by atoms with Gasteiger partial charge in [0, 0.05) is 0 Å². The van der Waals surface area contributed by atoms with E-state index in [2.05, 4.69) is 41.5 Å². The molecule has 0 aliphatic heterocycles. The van der Waals surface area contributed by atoms with E-state index in [9.17, 15) is 0 Å². The molecule has 0 aliphatic carbocycles. The highest BCUT2D eigenvalue weighted by Gasteiger charge is 2.32. The Hall–Kier alpha value is 3.20. The number of halogens is 10. The summed E-state index contributed by atoms with van der Waals surface area (Å²) in [5.74, 6) is 0. The van der Waals surface area contributed by atoms with Gasteiger partial charge in [-0.1, -0.05) is 41.5 Å². The molecule has 0 aliphatic rings. The Morgan fingerprint density at radius 3 is 0.658 bits per heavy atom. The van der Waals surface area contributed by atoms with Crippen molar-refractivity contribution >= 4 is 148 Å². The van der Waals surface area contributed by atoms with E-state index in [-0.39, 0.29) is 27.7 Å². The average molecular weight is 812 g/mol. The van der Waals surface area contributed by atoms with Crippen molar-refractivity contribution in [2.45, 2.75) is 108 Å². The molecule has 1 rings (SSSR count). The van der Waals surface area contributed by atoms with E-state index in [0.29, 0.717) is 0 Å². The lowest BCUT2D eigenvalue weighted by atomic mass is 9.78. The second-order valence-corrected chi connectivity index (χ2v) is 37.3. The van der Waals surface area contributed by atoms with Crippen LogP contribution in [-0.2, 0) is 38.5 Å². The molecule has 0 amide bonds. The van der Waals surface area contributed by atoms with Gasteiger partial charge >= 0.3 is 0 Å². The molecule has 0 saturated heterocycles. The van der Waals surface area contributed by atoms with Crippen LogP contribution in [0.25, 0.3) is 0 Å². The molecule has 0 radical (unpaired) electrons. The van der Waals surface area contributed by atoms with Gasteiger partial charge in [-0.3, -0.25) is 0 Å². The second kappa shape index (κ2) is 18.9. The molecule has 0 heterocycles. The van der Waals surface area contributed by atoms with Crippen molar-refractivity contribution in [3.63, 3.8) is 0 Å². The smallest absolute Gasteiger partial charge is 0.150 e. The zero-order valence-corrected chi connectivity index (χ0v) is 36.1. The normalized spacial score (nSPS) is 16.7. The molecule has 38 heavy (non-hydrogen) atoms. The first-order chi connectivity index (χ1) is 17.5. The molecule has 5 unspecified atom stereocenters. The van der Waals surface area contributed by atoms with E-state index in [1.54, 1.807) is 0 Å². The van der Waals surface area contributed by atoms with Gasteiger partial charge in [-0.25, -0.2) is 0 Å². The SMILES string of the molecule is CCc1c(CC(C)[SiH](Cl)Cl)c(CC(C)[SiH](Cl)Cl)c(CC(C)[SiH](Cl)Cl)c(CC(C)[SiH](Cl)Cl)c1CC(C)[SiH](Cl)Cl. The van der Waals surface area contributed by atoms with Crippen molar-refractivity contribution in [2.75, 3.05) is 0 Å². The quantitative estimate of drug-likeness (QED) is 0.115. The molecule has 0 saturated carbocycles. The van der Waals surface area contributed by atoms with Crippen LogP contribution >= 0.6 is 111 Å². The van der Waals surface area contributed by atoms with Crippen molar-refractivity contribution in [1.29, 1.82) is 0 Å². The van der Waals surface area contributed by atoms with Crippen LogP contribution < -0.4 is 0 Å². The Kier molecular flexibility index (Phi) is 19.5. The monoisotopic (exact) mass is 806 g/mol. The Morgan fingerprint density at radius 1 is 0.368 bits per heavy atom. The van der Waals surface area contributed by atoms with Gasteiger partial charge in [-0.2, -0.15) is 111 Å². The van der Waals surface area contributed by atoms with Crippen LogP contribution in [0.3, 0.4) is 0 Å². The van der Waals surface area contributed by atoms with Gasteiger partial charge in [0.2, 0.25) is 37.1 Å². The predicted octanol–water partition coefficient (Wildman–Crippen LogP) is 10.4. The lowest BCUT2D eigenvalue weighted by Crippen LogP contribution is -2.23. The van der Waals surface area contributed by atoms with Gasteiger partial charge in [0.15, 0.2) is 0 Å². The van der Waals surface area contributed by atoms with Crippen molar-refractivity contribution in [2.24, 2.45) is 0 Å². The first-order valence-electron chi connectivity index (χ1n) is 13.1. The summed E-state index contributed by atoms with van der Waals surface area (Å²) in [6.45, 7) is 13.0. The van der Waals surface area contributed by atoms with Crippen molar-refractivity contribution in [3.05, 3.63) is 33.4 Å². The largest absolute Gasteiger partial charge is 0.240 e. The minimum atomic E-state index is -1.94. The summed E-state index contributed by atoms with van der Waals surface area (Å²) < 4.78 is 0. The van der Waals surface area contributed by atoms with Crippen LogP contribution in [0.4, 0.5) is 0 Å². The molecular formula is C23H40Cl10Si5. The molecule has 0 nitrogen and oxygen atoms in total. The van der Waals surface area contributed by atoms with Gasteiger partial charge in [0.05, 0.1) is 0 Å². The van der Waals surface area contributed by atoms with Gasteiger partial charge in [-0.15, -0.1) is 0 Å². The van der Waals surface area contributed by atoms with Crippen LogP contribution in [0.5, 0.6) is 0 Å². The van der Waals surface area contributed by atoms with Crippen LogP contribution in [-0.4, -0.2) is 37.1 Å². The summed E-state index contributed by atoms with van der Waals surface area (Å²) in [5, 5.41) is 0.